The first-order valence-electron chi connectivity index (χ1n) is 8.87. The molecule has 6 nitrogen and oxygen atoms in total. The van der Waals surface area contributed by atoms with Crippen LogP contribution in [0.15, 0.2) is 45.3 Å². The third-order valence-electron chi connectivity index (χ3n) is 4.58. The smallest absolute Gasteiger partial charge is 0.151 e. The SMILES string of the molecule is Cc1ccc(CN(CC(O)COc2ccc(Br)cc2)C2CCS(=O)(=O)C2)o1. The van der Waals surface area contributed by atoms with Crippen molar-refractivity contribution in [1.82, 2.24) is 4.90 Å². The largest absolute Gasteiger partial charge is 0.491 e. The molecule has 0 amide bonds. The molecule has 2 unspecified atom stereocenters. The van der Waals surface area contributed by atoms with Gasteiger partial charge in [-0.2, -0.15) is 0 Å². The first-order valence-corrected chi connectivity index (χ1v) is 11.5. The van der Waals surface area contributed by atoms with Crippen molar-refractivity contribution in [3.63, 3.8) is 0 Å². The summed E-state index contributed by atoms with van der Waals surface area (Å²) < 4.78 is 36.0. The van der Waals surface area contributed by atoms with Crippen LogP contribution in [0.4, 0.5) is 0 Å². The van der Waals surface area contributed by atoms with Crippen molar-refractivity contribution in [2.75, 3.05) is 24.7 Å². The molecule has 0 saturated carbocycles. The van der Waals surface area contributed by atoms with Gasteiger partial charge in [0, 0.05) is 17.1 Å². The van der Waals surface area contributed by atoms with E-state index in [0.29, 0.717) is 25.3 Å². The van der Waals surface area contributed by atoms with Crippen LogP contribution in [-0.4, -0.2) is 55.2 Å². The van der Waals surface area contributed by atoms with Crippen molar-refractivity contribution < 1.29 is 22.7 Å². The van der Waals surface area contributed by atoms with Gasteiger partial charge >= 0.3 is 0 Å². The number of halogens is 1. The monoisotopic (exact) mass is 457 g/mol. The number of ether oxygens (including phenoxy) is 1. The molecule has 1 saturated heterocycles. The third-order valence-corrected chi connectivity index (χ3v) is 6.86. The Bertz CT molecular complexity index is 849. The fourth-order valence-electron chi connectivity index (χ4n) is 3.22. The van der Waals surface area contributed by atoms with Gasteiger partial charge in [0.05, 0.1) is 18.1 Å². The van der Waals surface area contributed by atoms with Crippen molar-refractivity contribution >= 4 is 25.8 Å². The van der Waals surface area contributed by atoms with Crippen LogP contribution in [0.5, 0.6) is 5.75 Å². The van der Waals surface area contributed by atoms with E-state index in [1.165, 1.54) is 0 Å². The van der Waals surface area contributed by atoms with Crippen LogP contribution in [-0.2, 0) is 16.4 Å². The molecule has 3 rings (SSSR count). The highest BCUT2D eigenvalue weighted by Crippen LogP contribution is 2.22. The van der Waals surface area contributed by atoms with Gasteiger partial charge < -0.3 is 14.3 Å². The summed E-state index contributed by atoms with van der Waals surface area (Å²) in [7, 11) is -3.01. The summed E-state index contributed by atoms with van der Waals surface area (Å²) in [4.78, 5) is 1.98. The molecule has 0 radical (unpaired) electrons. The lowest BCUT2D eigenvalue weighted by molar-refractivity contribution is 0.0496. The molecule has 0 aliphatic carbocycles. The Morgan fingerprint density at radius 1 is 1.30 bits per heavy atom. The fourth-order valence-corrected chi connectivity index (χ4v) is 5.25. The van der Waals surface area contributed by atoms with Gasteiger partial charge in [-0.3, -0.25) is 4.90 Å². The van der Waals surface area contributed by atoms with Crippen LogP contribution in [0.1, 0.15) is 17.9 Å². The van der Waals surface area contributed by atoms with E-state index in [-0.39, 0.29) is 24.2 Å². The standard InChI is InChI=1S/C19H24BrNO5S/c1-14-2-5-19(26-14)11-21(16-8-9-27(23,24)13-16)10-17(22)12-25-18-6-3-15(20)4-7-18/h2-7,16-17,22H,8-13H2,1H3. The Labute approximate surface area is 168 Å². The molecule has 2 aromatic rings. The highest BCUT2D eigenvalue weighted by atomic mass is 79.9. The molecule has 27 heavy (non-hydrogen) atoms. The predicted molar refractivity (Wildman–Crippen MR) is 107 cm³/mol. The van der Waals surface area contributed by atoms with E-state index < -0.39 is 15.9 Å². The molecule has 1 aliphatic rings. The normalized spacial score (nSPS) is 20.1. The summed E-state index contributed by atoms with van der Waals surface area (Å²) in [5.74, 6) is 2.55. The first-order chi connectivity index (χ1) is 12.8. The van der Waals surface area contributed by atoms with Crippen LogP contribution in [0.25, 0.3) is 0 Å². The van der Waals surface area contributed by atoms with Crippen LogP contribution in [0.2, 0.25) is 0 Å². The second-order valence-corrected chi connectivity index (χ2v) is 10.1. The number of aliphatic hydroxyl groups is 1. The maximum atomic E-state index is 11.9. The number of rotatable bonds is 8. The molecule has 1 fully saturated rings. The first kappa shape index (κ1) is 20.4. The number of nitrogens with zero attached hydrogens (tertiary/aromatic N) is 1. The zero-order chi connectivity index (χ0) is 19.4. The molecular weight excluding hydrogens is 434 g/mol. The number of sulfone groups is 1. The Balaban J connectivity index is 1.61. The minimum Gasteiger partial charge on any atom is -0.491 e. The summed E-state index contributed by atoms with van der Waals surface area (Å²) in [6.07, 6.45) is -0.171. The zero-order valence-electron chi connectivity index (χ0n) is 15.2. The van der Waals surface area contributed by atoms with E-state index in [4.69, 9.17) is 9.15 Å². The van der Waals surface area contributed by atoms with Gasteiger partial charge in [-0.1, -0.05) is 15.9 Å². The molecule has 2 heterocycles. The van der Waals surface area contributed by atoms with Gasteiger partial charge in [-0.25, -0.2) is 8.42 Å². The second kappa shape index (κ2) is 8.77. The van der Waals surface area contributed by atoms with E-state index in [0.717, 1.165) is 16.0 Å². The summed E-state index contributed by atoms with van der Waals surface area (Å²) in [6, 6.07) is 11.0. The maximum absolute atomic E-state index is 11.9. The quantitative estimate of drug-likeness (QED) is 0.656. The van der Waals surface area contributed by atoms with Crippen LogP contribution >= 0.6 is 15.9 Å². The molecule has 8 heteroatoms. The highest BCUT2D eigenvalue weighted by Gasteiger charge is 2.33. The Morgan fingerprint density at radius 3 is 2.63 bits per heavy atom. The minimum atomic E-state index is -3.01. The highest BCUT2D eigenvalue weighted by molar-refractivity contribution is 9.10. The van der Waals surface area contributed by atoms with E-state index in [1.54, 1.807) is 0 Å². The summed E-state index contributed by atoms with van der Waals surface area (Å²) in [5.41, 5.74) is 0. The lowest BCUT2D eigenvalue weighted by atomic mass is 10.2. The Kier molecular flexibility index (Phi) is 6.62. The Morgan fingerprint density at radius 2 is 2.04 bits per heavy atom. The van der Waals surface area contributed by atoms with E-state index >= 15 is 0 Å². The lowest BCUT2D eigenvalue weighted by Crippen LogP contribution is -2.42. The second-order valence-electron chi connectivity index (χ2n) is 6.92. The van der Waals surface area contributed by atoms with Crippen LogP contribution in [0, 0.1) is 6.92 Å². The molecule has 1 aliphatic heterocycles. The van der Waals surface area contributed by atoms with Gasteiger partial charge in [0.25, 0.3) is 0 Å². The summed E-state index contributed by atoms with van der Waals surface area (Å²) in [6.45, 7) is 2.78. The molecule has 148 valence electrons. The lowest BCUT2D eigenvalue weighted by Gasteiger charge is -2.29. The zero-order valence-corrected chi connectivity index (χ0v) is 17.6. The van der Waals surface area contributed by atoms with Crippen molar-refractivity contribution in [3.05, 3.63) is 52.4 Å². The minimum absolute atomic E-state index is 0.118. The molecular formula is C19H24BrNO5S. The topological polar surface area (TPSA) is 80.0 Å². The summed E-state index contributed by atoms with van der Waals surface area (Å²) in [5, 5.41) is 10.5. The van der Waals surface area contributed by atoms with Gasteiger partial charge in [-0.05, 0) is 49.7 Å². The van der Waals surface area contributed by atoms with Crippen molar-refractivity contribution in [3.8, 4) is 5.75 Å². The number of hydrogen-bond donors (Lipinski definition) is 1. The maximum Gasteiger partial charge on any atom is 0.151 e. The van der Waals surface area contributed by atoms with Gasteiger partial charge in [0.1, 0.15) is 30.0 Å². The molecule has 1 N–H and O–H groups in total. The molecule has 1 aromatic carbocycles. The predicted octanol–water partition coefficient (Wildman–Crippen LogP) is 2.78. The van der Waals surface area contributed by atoms with Crippen molar-refractivity contribution in [1.29, 1.82) is 0 Å². The van der Waals surface area contributed by atoms with E-state index in [2.05, 4.69) is 15.9 Å². The van der Waals surface area contributed by atoms with E-state index in [1.807, 2.05) is 48.2 Å². The number of aliphatic hydroxyl groups excluding tert-OH is 1. The van der Waals surface area contributed by atoms with Crippen LogP contribution < -0.4 is 4.74 Å². The number of furan rings is 1. The average molecular weight is 458 g/mol. The third kappa shape index (κ3) is 6.07. The van der Waals surface area contributed by atoms with Crippen molar-refractivity contribution in [2.45, 2.75) is 32.0 Å². The van der Waals surface area contributed by atoms with E-state index in [9.17, 15) is 13.5 Å². The summed E-state index contributed by atoms with van der Waals surface area (Å²) >= 11 is 3.37. The van der Waals surface area contributed by atoms with Gasteiger partial charge in [0.15, 0.2) is 9.84 Å². The van der Waals surface area contributed by atoms with Gasteiger partial charge in [0.2, 0.25) is 0 Å². The van der Waals surface area contributed by atoms with Crippen LogP contribution in [0.3, 0.4) is 0 Å². The number of hydrogen-bond acceptors (Lipinski definition) is 6. The molecule has 0 spiro atoms. The van der Waals surface area contributed by atoms with Crippen molar-refractivity contribution in [2.24, 2.45) is 0 Å². The molecule has 0 bridgehead atoms. The Hall–Kier alpha value is -1.35. The molecule has 1 aromatic heterocycles. The molecule has 2 atom stereocenters. The average Bonchev–Trinajstić information content (AvgIpc) is 3.18. The van der Waals surface area contributed by atoms with Gasteiger partial charge in [-0.15, -0.1) is 0 Å². The number of aryl methyl sites for hydroxylation is 1. The fraction of sp³-hybridized carbons (Fsp3) is 0.474. The number of benzene rings is 1.